The molecule has 0 bridgehead atoms. The van der Waals surface area contributed by atoms with Crippen molar-refractivity contribution < 1.29 is 4.42 Å². The number of furan rings is 1. The molecule has 84 valence electrons. The van der Waals surface area contributed by atoms with Gasteiger partial charge in [-0.2, -0.15) is 0 Å². The first-order chi connectivity index (χ1) is 7.88. The van der Waals surface area contributed by atoms with Crippen LogP contribution in [0, 0.1) is 0 Å². The number of nitrogens with two attached hydrogens (primary N) is 1. The Morgan fingerprint density at radius 3 is 2.38 bits per heavy atom. The highest BCUT2D eigenvalue weighted by molar-refractivity contribution is 7.97. The van der Waals surface area contributed by atoms with Crippen molar-refractivity contribution in [3.05, 3.63) is 59.5 Å². The van der Waals surface area contributed by atoms with Crippen LogP contribution in [0.25, 0.3) is 0 Å². The minimum absolute atomic E-state index is 0.611. The van der Waals surface area contributed by atoms with Crippen LogP contribution in [0.5, 0.6) is 0 Å². The molecular formula is C13H15NOS. The van der Waals surface area contributed by atoms with Crippen molar-refractivity contribution in [3.63, 3.8) is 0 Å². The van der Waals surface area contributed by atoms with Crippen LogP contribution in [0.15, 0.2) is 47.1 Å². The third-order valence-corrected chi connectivity index (χ3v) is 3.38. The highest BCUT2D eigenvalue weighted by Gasteiger charge is 1.97. The van der Waals surface area contributed by atoms with Gasteiger partial charge in [-0.15, -0.1) is 11.8 Å². The quantitative estimate of drug-likeness (QED) is 0.862. The summed E-state index contributed by atoms with van der Waals surface area (Å²) in [5, 5.41) is 0. The standard InChI is InChI=1S/C13H15NOS/c14-8-11-3-5-12(6-4-11)9-16-10-13-2-1-7-15-13/h1-7H,8-10,14H2. The Kier molecular flexibility index (Phi) is 4.08. The van der Waals surface area contributed by atoms with Gasteiger partial charge in [0.2, 0.25) is 0 Å². The van der Waals surface area contributed by atoms with Crippen molar-refractivity contribution in [2.75, 3.05) is 0 Å². The van der Waals surface area contributed by atoms with Gasteiger partial charge in [0.15, 0.2) is 0 Å². The van der Waals surface area contributed by atoms with E-state index in [2.05, 4.69) is 24.3 Å². The van der Waals surface area contributed by atoms with Crippen molar-refractivity contribution in [1.82, 2.24) is 0 Å². The first kappa shape index (κ1) is 11.3. The maximum Gasteiger partial charge on any atom is 0.113 e. The molecule has 1 aromatic heterocycles. The first-order valence-electron chi connectivity index (χ1n) is 5.26. The molecule has 0 fully saturated rings. The maximum atomic E-state index is 5.55. The zero-order valence-electron chi connectivity index (χ0n) is 9.06. The summed E-state index contributed by atoms with van der Waals surface area (Å²) in [6, 6.07) is 12.4. The fourth-order valence-corrected chi connectivity index (χ4v) is 2.33. The normalized spacial score (nSPS) is 10.6. The Balaban J connectivity index is 1.81. The van der Waals surface area contributed by atoms with E-state index in [0.717, 1.165) is 17.3 Å². The molecule has 0 aliphatic rings. The van der Waals surface area contributed by atoms with Gasteiger partial charge < -0.3 is 10.2 Å². The molecule has 0 unspecified atom stereocenters. The summed E-state index contributed by atoms with van der Waals surface area (Å²) < 4.78 is 5.27. The molecule has 0 saturated carbocycles. The molecule has 0 aliphatic carbocycles. The van der Waals surface area contributed by atoms with Gasteiger partial charge in [-0.1, -0.05) is 24.3 Å². The smallest absolute Gasteiger partial charge is 0.113 e. The van der Waals surface area contributed by atoms with E-state index in [4.69, 9.17) is 10.2 Å². The van der Waals surface area contributed by atoms with E-state index < -0.39 is 0 Å². The molecular weight excluding hydrogens is 218 g/mol. The third-order valence-electron chi connectivity index (χ3n) is 2.35. The second-order valence-corrected chi connectivity index (χ2v) is 4.58. The minimum Gasteiger partial charge on any atom is -0.468 e. The molecule has 1 aromatic carbocycles. The average Bonchev–Trinajstić information content (AvgIpc) is 2.83. The van der Waals surface area contributed by atoms with Crippen molar-refractivity contribution in [1.29, 1.82) is 0 Å². The largest absolute Gasteiger partial charge is 0.468 e. The van der Waals surface area contributed by atoms with Crippen LogP contribution in [0.2, 0.25) is 0 Å². The molecule has 3 heteroatoms. The Labute approximate surface area is 99.8 Å². The van der Waals surface area contributed by atoms with Gasteiger partial charge in [0.25, 0.3) is 0 Å². The molecule has 2 nitrogen and oxygen atoms in total. The van der Waals surface area contributed by atoms with E-state index in [1.54, 1.807) is 6.26 Å². The predicted octanol–water partition coefficient (Wildman–Crippen LogP) is 3.17. The van der Waals surface area contributed by atoms with Crippen LogP contribution in [0.4, 0.5) is 0 Å². The summed E-state index contributed by atoms with van der Waals surface area (Å²) in [7, 11) is 0. The monoisotopic (exact) mass is 233 g/mol. The third kappa shape index (κ3) is 3.15. The van der Waals surface area contributed by atoms with Crippen molar-refractivity contribution in [2.24, 2.45) is 5.73 Å². The molecule has 0 radical (unpaired) electrons. The van der Waals surface area contributed by atoms with Crippen molar-refractivity contribution >= 4 is 11.8 Å². The van der Waals surface area contributed by atoms with Gasteiger partial charge in [-0.05, 0) is 23.3 Å². The molecule has 1 heterocycles. The number of thioether (sulfide) groups is 1. The number of hydrogen-bond acceptors (Lipinski definition) is 3. The summed E-state index contributed by atoms with van der Waals surface area (Å²) in [6.45, 7) is 0.611. The van der Waals surface area contributed by atoms with Gasteiger partial charge in [0, 0.05) is 12.3 Å². The van der Waals surface area contributed by atoms with Crippen LogP contribution >= 0.6 is 11.8 Å². The lowest BCUT2D eigenvalue weighted by atomic mass is 10.1. The van der Waals surface area contributed by atoms with Crippen molar-refractivity contribution in [2.45, 2.75) is 18.1 Å². The number of hydrogen-bond donors (Lipinski definition) is 1. The van der Waals surface area contributed by atoms with Crippen LogP contribution in [-0.2, 0) is 18.1 Å². The maximum absolute atomic E-state index is 5.55. The molecule has 2 N–H and O–H groups in total. The molecule has 2 rings (SSSR count). The summed E-state index contributed by atoms with van der Waals surface area (Å²) in [4.78, 5) is 0. The van der Waals surface area contributed by atoms with Crippen molar-refractivity contribution in [3.8, 4) is 0 Å². The number of rotatable bonds is 5. The fraction of sp³-hybridized carbons (Fsp3) is 0.231. The average molecular weight is 233 g/mol. The zero-order valence-corrected chi connectivity index (χ0v) is 9.87. The molecule has 0 saturated heterocycles. The molecule has 2 aromatic rings. The van der Waals surface area contributed by atoms with E-state index >= 15 is 0 Å². The Morgan fingerprint density at radius 1 is 1.00 bits per heavy atom. The Bertz CT molecular complexity index is 408. The summed E-state index contributed by atoms with van der Waals surface area (Å²) in [6.07, 6.45) is 1.71. The van der Waals surface area contributed by atoms with E-state index in [1.807, 2.05) is 23.9 Å². The van der Waals surface area contributed by atoms with Gasteiger partial charge in [0.05, 0.1) is 12.0 Å². The highest BCUT2D eigenvalue weighted by Crippen LogP contribution is 2.18. The van der Waals surface area contributed by atoms with Crippen LogP contribution in [0.1, 0.15) is 16.9 Å². The van der Waals surface area contributed by atoms with Crippen LogP contribution in [-0.4, -0.2) is 0 Å². The van der Waals surface area contributed by atoms with Gasteiger partial charge in [0.1, 0.15) is 5.76 Å². The topological polar surface area (TPSA) is 39.2 Å². The Hall–Kier alpha value is -1.19. The first-order valence-corrected chi connectivity index (χ1v) is 6.42. The lowest BCUT2D eigenvalue weighted by Gasteiger charge is -2.02. The van der Waals surface area contributed by atoms with E-state index in [0.29, 0.717) is 6.54 Å². The van der Waals surface area contributed by atoms with Gasteiger partial charge in [-0.3, -0.25) is 0 Å². The van der Waals surface area contributed by atoms with E-state index in [-0.39, 0.29) is 0 Å². The summed E-state index contributed by atoms with van der Waals surface area (Å²) >= 11 is 1.85. The van der Waals surface area contributed by atoms with E-state index in [1.165, 1.54) is 11.1 Å². The van der Waals surface area contributed by atoms with E-state index in [9.17, 15) is 0 Å². The molecule has 0 atom stereocenters. The molecule has 16 heavy (non-hydrogen) atoms. The predicted molar refractivity (Wildman–Crippen MR) is 68.0 cm³/mol. The molecule has 0 aliphatic heterocycles. The lowest BCUT2D eigenvalue weighted by Crippen LogP contribution is -1.95. The summed E-state index contributed by atoms with van der Waals surface area (Å²) in [5.41, 5.74) is 8.05. The minimum atomic E-state index is 0.611. The fourth-order valence-electron chi connectivity index (χ4n) is 1.44. The number of benzene rings is 1. The van der Waals surface area contributed by atoms with Crippen LogP contribution < -0.4 is 5.73 Å². The molecule has 0 amide bonds. The SMILES string of the molecule is NCc1ccc(CSCc2ccco2)cc1. The second-order valence-electron chi connectivity index (χ2n) is 3.59. The lowest BCUT2D eigenvalue weighted by molar-refractivity contribution is 0.530. The van der Waals surface area contributed by atoms with Gasteiger partial charge >= 0.3 is 0 Å². The van der Waals surface area contributed by atoms with Crippen LogP contribution in [0.3, 0.4) is 0 Å². The Morgan fingerprint density at radius 2 is 1.75 bits per heavy atom. The summed E-state index contributed by atoms with van der Waals surface area (Å²) in [5.74, 6) is 2.96. The molecule has 0 spiro atoms. The second kappa shape index (κ2) is 5.77. The highest BCUT2D eigenvalue weighted by atomic mass is 32.2. The zero-order chi connectivity index (χ0) is 11.2. The van der Waals surface area contributed by atoms with Gasteiger partial charge in [-0.25, -0.2) is 0 Å².